The van der Waals surface area contributed by atoms with E-state index in [0.29, 0.717) is 13.1 Å². The second kappa shape index (κ2) is 7.11. The van der Waals surface area contributed by atoms with E-state index < -0.39 is 11.7 Å². The van der Waals surface area contributed by atoms with Crippen molar-refractivity contribution >= 4 is 5.91 Å². The van der Waals surface area contributed by atoms with E-state index in [-0.39, 0.29) is 11.9 Å². The number of benzene rings is 1. The van der Waals surface area contributed by atoms with Gasteiger partial charge in [0.15, 0.2) is 0 Å². The molecule has 132 valence electrons. The number of carbonyl (C=O) groups is 1. The van der Waals surface area contributed by atoms with E-state index in [1.54, 1.807) is 0 Å². The zero-order valence-corrected chi connectivity index (χ0v) is 13.5. The van der Waals surface area contributed by atoms with E-state index in [9.17, 15) is 18.0 Å². The van der Waals surface area contributed by atoms with Crippen LogP contribution in [0.25, 0.3) is 0 Å². The van der Waals surface area contributed by atoms with Crippen LogP contribution < -0.4 is 5.32 Å². The van der Waals surface area contributed by atoms with Crippen LogP contribution in [0.3, 0.4) is 0 Å². The lowest BCUT2D eigenvalue weighted by molar-refractivity contribution is -0.137. The Morgan fingerprint density at radius 1 is 1.17 bits per heavy atom. The topological polar surface area (TPSA) is 35.6 Å². The summed E-state index contributed by atoms with van der Waals surface area (Å²) in [7, 11) is 0. The van der Waals surface area contributed by atoms with Crippen molar-refractivity contribution in [2.75, 3.05) is 32.7 Å². The molecule has 24 heavy (non-hydrogen) atoms. The van der Waals surface area contributed by atoms with E-state index in [4.69, 9.17) is 0 Å². The molecule has 1 aliphatic carbocycles. The molecule has 4 nitrogen and oxygen atoms in total. The van der Waals surface area contributed by atoms with Gasteiger partial charge >= 0.3 is 6.18 Å². The fraction of sp³-hybridized carbons (Fsp3) is 0.588. The Morgan fingerprint density at radius 2 is 1.79 bits per heavy atom. The Hall–Kier alpha value is -1.60. The molecular weight excluding hydrogens is 319 g/mol. The van der Waals surface area contributed by atoms with Crippen LogP contribution in [0.2, 0.25) is 0 Å². The predicted octanol–water partition coefficient (Wildman–Crippen LogP) is 2.10. The van der Waals surface area contributed by atoms with Crippen molar-refractivity contribution in [1.29, 1.82) is 0 Å². The Morgan fingerprint density at radius 3 is 2.33 bits per heavy atom. The van der Waals surface area contributed by atoms with Gasteiger partial charge in [-0.15, -0.1) is 0 Å². The van der Waals surface area contributed by atoms with Gasteiger partial charge in [-0.05, 0) is 30.5 Å². The van der Waals surface area contributed by atoms with Crippen LogP contribution in [0, 0.1) is 0 Å². The highest BCUT2D eigenvalue weighted by Crippen LogP contribution is 2.31. The van der Waals surface area contributed by atoms with Crippen LogP contribution >= 0.6 is 0 Å². The zero-order valence-electron chi connectivity index (χ0n) is 13.5. The summed E-state index contributed by atoms with van der Waals surface area (Å²) < 4.78 is 37.9. The van der Waals surface area contributed by atoms with Gasteiger partial charge in [-0.3, -0.25) is 9.69 Å². The first-order valence-electron chi connectivity index (χ1n) is 8.32. The Bertz CT molecular complexity index is 563. The third kappa shape index (κ3) is 4.48. The molecule has 1 saturated heterocycles. The average molecular weight is 341 g/mol. The molecule has 3 rings (SSSR count). The number of piperazine rings is 1. The Kier molecular flexibility index (Phi) is 5.10. The van der Waals surface area contributed by atoms with E-state index >= 15 is 0 Å². The molecule has 1 aromatic rings. The summed E-state index contributed by atoms with van der Waals surface area (Å²) in [5, 5.41) is 3.25. The van der Waals surface area contributed by atoms with Crippen molar-refractivity contribution < 1.29 is 18.0 Å². The maximum atomic E-state index is 12.6. The lowest BCUT2D eigenvalue weighted by Crippen LogP contribution is -2.48. The zero-order chi connectivity index (χ0) is 17.2. The SMILES string of the molecule is O=C(CN1CCNCC1)N(Cc1ccc(C(F)(F)F)cc1)C1CC1. The average Bonchev–Trinajstić information content (AvgIpc) is 3.38. The number of amides is 1. The fourth-order valence-electron chi connectivity index (χ4n) is 2.95. The molecule has 2 aliphatic rings. The maximum Gasteiger partial charge on any atom is 0.416 e. The molecule has 1 aliphatic heterocycles. The van der Waals surface area contributed by atoms with E-state index in [1.165, 1.54) is 12.1 Å². The van der Waals surface area contributed by atoms with E-state index in [0.717, 1.165) is 56.7 Å². The summed E-state index contributed by atoms with van der Waals surface area (Å²) in [6, 6.07) is 5.34. The number of halogens is 3. The molecule has 1 aromatic carbocycles. The van der Waals surface area contributed by atoms with Crippen LogP contribution in [0.15, 0.2) is 24.3 Å². The van der Waals surface area contributed by atoms with Crippen LogP contribution in [0.5, 0.6) is 0 Å². The molecule has 0 spiro atoms. The summed E-state index contributed by atoms with van der Waals surface area (Å²) in [5.41, 5.74) is 0.0833. The molecular formula is C17H22F3N3O. The second-order valence-electron chi connectivity index (χ2n) is 6.47. The van der Waals surface area contributed by atoms with Gasteiger partial charge in [-0.25, -0.2) is 0 Å². The van der Waals surface area contributed by atoms with Gasteiger partial charge in [0.05, 0.1) is 12.1 Å². The van der Waals surface area contributed by atoms with Crippen molar-refractivity contribution in [3.63, 3.8) is 0 Å². The lowest BCUT2D eigenvalue weighted by atomic mass is 10.1. The van der Waals surface area contributed by atoms with Gasteiger partial charge in [-0.1, -0.05) is 12.1 Å². The minimum Gasteiger partial charge on any atom is -0.334 e. The van der Waals surface area contributed by atoms with Crippen LogP contribution in [0.1, 0.15) is 24.0 Å². The van der Waals surface area contributed by atoms with Crippen molar-refractivity contribution in [3.05, 3.63) is 35.4 Å². The van der Waals surface area contributed by atoms with Crippen molar-refractivity contribution in [2.45, 2.75) is 31.6 Å². The third-order valence-corrected chi connectivity index (χ3v) is 4.51. The smallest absolute Gasteiger partial charge is 0.334 e. The second-order valence-corrected chi connectivity index (χ2v) is 6.47. The Labute approximate surface area is 139 Å². The molecule has 0 aromatic heterocycles. The van der Waals surface area contributed by atoms with Gasteiger partial charge < -0.3 is 10.2 Å². The molecule has 1 amide bonds. The summed E-state index contributed by atoms with van der Waals surface area (Å²) in [4.78, 5) is 16.6. The van der Waals surface area contributed by atoms with E-state index in [1.807, 2.05) is 4.90 Å². The first-order valence-corrected chi connectivity index (χ1v) is 8.32. The highest BCUT2D eigenvalue weighted by atomic mass is 19.4. The number of nitrogens with one attached hydrogen (secondary N) is 1. The highest BCUT2D eigenvalue weighted by molar-refractivity contribution is 5.79. The highest BCUT2D eigenvalue weighted by Gasteiger charge is 2.34. The van der Waals surface area contributed by atoms with Gasteiger partial charge in [0, 0.05) is 38.8 Å². The fourth-order valence-corrected chi connectivity index (χ4v) is 2.95. The molecule has 0 unspecified atom stereocenters. The van der Waals surface area contributed by atoms with Gasteiger partial charge in [-0.2, -0.15) is 13.2 Å². The Balaban J connectivity index is 1.62. The number of carbonyl (C=O) groups excluding carboxylic acids is 1. The molecule has 1 N–H and O–H groups in total. The predicted molar refractivity (Wildman–Crippen MR) is 84.3 cm³/mol. The molecule has 1 saturated carbocycles. The first-order chi connectivity index (χ1) is 11.4. The molecule has 7 heteroatoms. The normalized spacial score (nSPS) is 19.3. The molecule has 2 fully saturated rings. The van der Waals surface area contributed by atoms with Gasteiger partial charge in [0.25, 0.3) is 0 Å². The molecule has 0 radical (unpaired) electrons. The largest absolute Gasteiger partial charge is 0.416 e. The summed E-state index contributed by atoms with van der Waals surface area (Å²) >= 11 is 0. The molecule has 0 atom stereocenters. The third-order valence-electron chi connectivity index (χ3n) is 4.51. The van der Waals surface area contributed by atoms with E-state index in [2.05, 4.69) is 10.2 Å². The van der Waals surface area contributed by atoms with Gasteiger partial charge in [0.2, 0.25) is 5.91 Å². The van der Waals surface area contributed by atoms with Crippen LogP contribution in [-0.4, -0.2) is 54.5 Å². The van der Waals surface area contributed by atoms with Crippen molar-refractivity contribution in [3.8, 4) is 0 Å². The number of nitrogens with zero attached hydrogens (tertiary/aromatic N) is 2. The molecule has 1 heterocycles. The minimum atomic E-state index is -4.33. The quantitative estimate of drug-likeness (QED) is 0.891. The standard InChI is InChI=1S/C17H22F3N3O/c18-17(19,20)14-3-1-13(2-4-14)11-23(15-5-6-15)16(24)12-22-9-7-21-8-10-22/h1-4,15,21H,5-12H2. The monoisotopic (exact) mass is 341 g/mol. The number of alkyl halides is 3. The lowest BCUT2D eigenvalue weighted by Gasteiger charge is -2.30. The number of hydrogen-bond acceptors (Lipinski definition) is 3. The summed E-state index contributed by atoms with van der Waals surface area (Å²) in [5.74, 6) is 0.0688. The number of rotatable bonds is 5. The van der Waals surface area contributed by atoms with Crippen LogP contribution in [0.4, 0.5) is 13.2 Å². The summed E-state index contributed by atoms with van der Waals surface area (Å²) in [6.07, 6.45) is -2.37. The van der Waals surface area contributed by atoms with Crippen molar-refractivity contribution in [2.24, 2.45) is 0 Å². The maximum absolute atomic E-state index is 12.6. The summed E-state index contributed by atoms with van der Waals surface area (Å²) in [6.45, 7) is 4.24. The van der Waals surface area contributed by atoms with Gasteiger partial charge in [0.1, 0.15) is 0 Å². The van der Waals surface area contributed by atoms with Crippen LogP contribution in [-0.2, 0) is 17.5 Å². The number of hydrogen-bond donors (Lipinski definition) is 1. The molecule has 0 bridgehead atoms. The first kappa shape index (κ1) is 17.2. The minimum absolute atomic E-state index is 0.0688. The van der Waals surface area contributed by atoms with Crippen molar-refractivity contribution in [1.82, 2.24) is 15.1 Å².